The van der Waals surface area contributed by atoms with Gasteiger partial charge in [0.25, 0.3) is 0 Å². The summed E-state index contributed by atoms with van der Waals surface area (Å²) in [5, 5.41) is 8.49. The third-order valence-corrected chi connectivity index (χ3v) is 3.25. The average Bonchev–Trinajstić information content (AvgIpc) is 2.76. The summed E-state index contributed by atoms with van der Waals surface area (Å²) >= 11 is 0. The van der Waals surface area contributed by atoms with E-state index in [0.29, 0.717) is 12.0 Å². The van der Waals surface area contributed by atoms with Gasteiger partial charge in [0, 0.05) is 18.5 Å². The number of hydrogen-bond acceptors (Lipinski definition) is 3. The van der Waals surface area contributed by atoms with Crippen molar-refractivity contribution in [2.45, 2.75) is 58.0 Å². The monoisotopic (exact) mass is 208 g/mol. The minimum absolute atomic E-state index is 0.363. The largest absolute Gasteiger partial charge is 0.328 e. The standard InChI is InChI=1S/C11H20N4/c1-3-6-15-8(2)13-14-11(15)9-4-5-10(12)7-9/h9-10H,3-7,12H2,1-2H3/t9-,10+/m1/s1. The van der Waals surface area contributed by atoms with Gasteiger partial charge in [0.2, 0.25) is 0 Å². The highest BCUT2D eigenvalue weighted by molar-refractivity contribution is 5.05. The van der Waals surface area contributed by atoms with E-state index >= 15 is 0 Å². The molecule has 0 radical (unpaired) electrons. The van der Waals surface area contributed by atoms with Crippen LogP contribution in [0.15, 0.2) is 0 Å². The zero-order valence-electron chi connectivity index (χ0n) is 9.61. The van der Waals surface area contributed by atoms with Gasteiger partial charge in [-0.3, -0.25) is 0 Å². The van der Waals surface area contributed by atoms with Crippen molar-refractivity contribution in [3.63, 3.8) is 0 Å². The molecule has 1 aromatic heterocycles. The van der Waals surface area contributed by atoms with Gasteiger partial charge in [0.1, 0.15) is 11.6 Å². The molecule has 0 aliphatic heterocycles. The third kappa shape index (κ3) is 2.04. The first-order chi connectivity index (χ1) is 7.22. The van der Waals surface area contributed by atoms with E-state index in [4.69, 9.17) is 5.73 Å². The maximum Gasteiger partial charge on any atom is 0.136 e. The summed E-state index contributed by atoms with van der Waals surface area (Å²) in [6, 6.07) is 0.363. The number of aromatic nitrogens is 3. The lowest BCUT2D eigenvalue weighted by atomic mass is 10.1. The zero-order valence-corrected chi connectivity index (χ0v) is 9.61. The zero-order chi connectivity index (χ0) is 10.8. The van der Waals surface area contributed by atoms with Gasteiger partial charge < -0.3 is 10.3 Å². The highest BCUT2D eigenvalue weighted by Gasteiger charge is 2.27. The predicted molar refractivity (Wildman–Crippen MR) is 59.6 cm³/mol. The van der Waals surface area contributed by atoms with Crippen LogP contribution in [-0.2, 0) is 6.54 Å². The molecule has 1 aliphatic carbocycles. The lowest BCUT2D eigenvalue weighted by molar-refractivity contribution is 0.560. The van der Waals surface area contributed by atoms with E-state index in [1.807, 2.05) is 6.92 Å². The van der Waals surface area contributed by atoms with Crippen LogP contribution in [0.1, 0.15) is 50.2 Å². The number of nitrogens with zero attached hydrogens (tertiary/aromatic N) is 3. The Morgan fingerprint density at radius 1 is 1.40 bits per heavy atom. The Morgan fingerprint density at radius 2 is 2.20 bits per heavy atom. The van der Waals surface area contributed by atoms with E-state index in [9.17, 15) is 0 Å². The molecule has 1 heterocycles. The van der Waals surface area contributed by atoms with Crippen LogP contribution in [0.5, 0.6) is 0 Å². The van der Waals surface area contributed by atoms with E-state index < -0.39 is 0 Å². The fraction of sp³-hybridized carbons (Fsp3) is 0.818. The Labute approximate surface area is 90.9 Å². The second-order valence-electron chi connectivity index (χ2n) is 4.53. The molecule has 0 aromatic carbocycles. The number of aryl methyl sites for hydroxylation is 1. The molecule has 2 N–H and O–H groups in total. The van der Waals surface area contributed by atoms with Crippen LogP contribution in [0.2, 0.25) is 0 Å². The molecular formula is C11H20N4. The summed E-state index contributed by atoms with van der Waals surface area (Å²) in [6.45, 7) is 5.24. The Bertz CT molecular complexity index is 331. The number of nitrogens with two attached hydrogens (primary N) is 1. The molecule has 0 bridgehead atoms. The highest BCUT2D eigenvalue weighted by Crippen LogP contribution is 2.32. The van der Waals surface area contributed by atoms with Crippen molar-refractivity contribution in [1.29, 1.82) is 0 Å². The molecule has 2 rings (SSSR count). The van der Waals surface area contributed by atoms with Gasteiger partial charge in [-0.05, 0) is 32.6 Å². The first kappa shape index (κ1) is 10.6. The van der Waals surface area contributed by atoms with Crippen molar-refractivity contribution in [3.8, 4) is 0 Å². The van der Waals surface area contributed by atoms with E-state index in [1.165, 1.54) is 6.42 Å². The van der Waals surface area contributed by atoms with Crippen LogP contribution >= 0.6 is 0 Å². The first-order valence-corrected chi connectivity index (χ1v) is 5.87. The SMILES string of the molecule is CCCn1c(C)nnc1[C@@H]1CC[C@H](N)C1. The second kappa shape index (κ2) is 4.31. The normalized spacial score (nSPS) is 26.1. The molecule has 0 unspecified atom stereocenters. The molecule has 0 spiro atoms. The lowest BCUT2D eigenvalue weighted by Crippen LogP contribution is -2.15. The highest BCUT2D eigenvalue weighted by atomic mass is 15.3. The lowest BCUT2D eigenvalue weighted by Gasteiger charge is -2.12. The van der Waals surface area contributed by atoms with Gasteiger partial charge in [-0.2, -0.15) is 0 Å². The summed E-state index contributed by atoms with van der Waals surface area (Å²) in [7, 11) is 0. The molecular weight excluding hydrogens is 188 g/mol. The molecule has 0 saturated heterocycles. The summed E-state index contributed by atoms with van der Waals surface area (Å²) in [6.07, 6.45) is 4.50. The Kier molecular flexibility index (Phi) is 3.05. The number of hydrogen-bond donors (Lipinski definition) is 1. The maximum atomic E-state index is 5.94. The van der Waals surface area contributed by atoms with Gasteiger partial charge in [0.15, 0.2) is 0 Å². The summed E-state index contributed by atoms with van der Waals surface area (Å²) in [5.74, 6) is 2.72. The van der Waals surface area contributed by atoms with E-state index in [1.54, 1.807) is 0 Å². The maximum absolute atomic E-state index is 5.94. The number of rotatable bonds is 3. The first-order valence-electron chi connectivity index (χ1n) is 5.87. The topological polar surface area (TPSA) is 56.7 Å². The minimum atomic E-state index is 0.363. The van der Waals surface area contributed by atoms with Gasteiger partial charge in [-0.1, -0.05) is 6.92 Å². The summed E-state index contributed by atoms with van der Waals surface area (Å²) in [4.78, 5) is 0. The molecule has 84 valence electrons. The van der Waals surface area contributed by atoms with Crippen molar-refractivity contribution in [2.75, 3.05) is 0 Å². The van der Waals surface area contributed by atoms with Gasteiger partial charge >= 0.3 is 0 Å². The van der Waals surface area contributed by atoms with Crippen molar-refractivity contribution >= 4 is 0 Å². The molecule has 4 nitrogen and oxygen atoms in total. The molecule has 1 saturated carbocycles. The van der Waals surface area contributed by atoms with Gasteiger partial charge in [0.05, 0.1) is 0 Å². The van der Waals surface area contributed by atoms with E-state index in [2.05, 4.69) is 21.7 Å². The Hall–Kier alpha value is -0.900. The average molecular weight is 208 g/mol. The van der Waals surface area contributed by atoms with Crippen LogP contribution in [0, 0.1) is 6.92 Å². The van der Waals surface area contributed by atoms with Crippen molar-refractivity contribution < 1.29 is 0 Å². The van der Waals surface area contributed by atoms with E-state index in [0.717, 1.165) is 37.5 Å². The molecule has 15 heavy (non-hydrogen) atoms. The van der Waals surface area contributed by atoms with Crippen LogP contribution in [0.3, 0.4) is 0 Å². The van der Waals surface area contributed by atoms with Gasteiger partial charge in [-0.25, -0.2) is 0 Å². The third-order valence-electron chi connectivity index (χ3n) is 3.25. The summed E-state index contributed by atoms with van der Waals surface area (Å²) in [5.41, 5.74) is 5.94. The Balaban J connectivity index is 2.20. The summed E-state index contributed by atoms with van der Waals surface area (Å²) < 4.78 is 2.25. The molecule has 4 heteroatoms. The van der Waals surface area contributed by atoms with Crippen LogP contribution in [0.4, 0.5) is 0 Å². The van der Waals surface area contributed by atoms with Crippen molar-refractivity contribution in [2.24, 2.45) is 5.73 Å². The fourth-order valence-corrected chi connectivity index (χ4v) is 2.45. The minimum Gasteiger partial charge on any atom is -0.328 e. The van der Waals surface area contributed by atoms with Crippen molar-refractivity contribution in [3.05, 3.63) is 11.6 Å². The molecule has 0 amide bonds. The molecule has 2 atom stereocenters. The van der Waals surface area contributed by atoms with E-state index in [-0.39, 0.29) is 0 Å². The smallest absolute Gasteiger partial charge is 0.136 e. The second-order valence-corrected chi connectivity index (χ2v) is 4.53. The van der Waals surface area contributed by atoms with Gasteiger partial charge in [-0.15, -0.1) is 10.2 Å². The van der Waals surface area contributed by atoms with Crippen LogP contribution < -0.4 is 5.73 Å². The Morgan fingerprint density at radius 3 is 2.80 bits per heavy atom. The quantitative estimate of drug-likeness (QED) is 0.820. The van der Waals surface area contributed by atoms with Crippen molar-refractivity contribution in [1.82, 2.24) is 14.8 Å². The molecule has 1 fully saturated rings. The predicted octanol–water partition coefficient (Wildman–Crippen LogP) is 1.59. The molecule has 1 aromatic rings. The van der Waals surface area contributed by atoms with Crippen LogP contribution in [0.25, 0.3) is 0 Å². The molecule has 1 aliphatic rings. The van der Waals surface area contributed by atoms with Crippen LogP contribution in [-0.4, -0.2) is 20.8 Å². The fourth-order valence-electron chi connectivity index (χ4n) is 2.45.